The molecule has 0 aromatic heterocycles. The van der Waals surface area contributed by atoms with Gasteiger partial charge in [-0.05, 0) is 56.7 Å². The number of aryl methyl sites for hydroxylation is 1. The highest BCUT2D eigenvalue weighted by Crippen LogP contribution is 2.36. The molecule has 11 nitrogen and oxygen atoms in total. The van der Waals surface area contributed by atoms with Crippen LogP contribution in [0.25, 0.3) is 0 Å². The van der Waals surface area contributed by atoms with Crippen LogP contribution in [0.1, 0.15) is 31.4 Å². The maximum Gasteiger partial charge on any atom is 0.273 e. The third-order valence-electron chi connectivity index (χ3n) is 6.78. The number of nitrogens with zero attached hydrogens (tertiary/aromatic N) is 3. The molecule has 1 N–H and O–H groups in total. The molecule has 15 heteroatoms. The van der Waals surface area contributed by atoms with Crippen molar-refractivity contribution in [3.8, 4) is 5.75 Å². The largest absolute Gasteiger partial charge is 0.495 e. The first-order valence-corrected chi connectivity index (χ1v) is 16.0. The number of halogens is 3. The molecular formula is C29H31Cl3N4O7S. The predicted octanol–water partition coefficient (Wildman–Crippen LogP) is 6.01. The molecular weight excluding hydrogens is 655 g/mol. The third-order valence-corrected chi connectivity index (χ3v) is 9.48. The van der Waals surface area contributed by atoms with Gasteiger partial charge in [0.2, 0.25) is 11.8 Å². The summed E-state index contributed by atoms with van der Waals surface area (Å²) >= 11 is 19.1. The number of anilines is 1. The summed E-state index contributed by atoms with van der Waals surface area (Å²) in [4.78, 5) is 39.1. The van der Waals surface area contributed by atoms with E-state index in [1.165, 1.54) is 49.3 Å². The molecule has 0 saturated carbocycles. The van der Waals surface area contributed by atoms with Gasteiger partial charge in [0.15, 0.2) is 0 Å². The fourth-order valence-electron chi connectivity index (χ4n) is 4.51. The molecule has 1 atom stereocenters. The average molecular weight is 686 g/mol. The summed E-state index contributed by atoms with van der Waals surface area (Å²) in [5.41, 5.74) is 0.0781. The monoisotopic (exact) mass is 684 g/mol. The minimum absolute atomic E-state index is 0.0591. The first-order chi connectivity index (χ1) is 20.8. The molecule has 0 aliphatic carbocycles. The molecule has 0 bridgehead atoms. The summed E-state index contributed by atoms with van der Waals surface area (Å²) in [5.74, 6) is -1.19. The summed E-state index contributed by atoms with van der Waals surface area (Å²) in [6.07, 6.45) is 0.178. The van der Waals surface area contributed by atoms with E-state index in [9.17, 15) is 28.1 Å². The van der Waals surface area contributed by atoms with Crippen molar-refractivity contribution in [3.63, 3.8) is 0 Å². The summed E-state index contributed by atoms with van der Waals surface area (Å²) in [7, 11) is -3.36. The van der Waals surface area contributed by atoms with Crippen LogP contribution in [0, 0.1) is 17.0 Å². The van der Waals surface area contributed by atoms with Crippen molar-refractivity contribution in [1.29, 1.82) is 0 Å². The molecule has 0 spiro atoms. The number of nitro benzene ring substituents is 1. The Bertz CT molecular complexity index is 1650. The number of hydrogen-bond donors (Lipinski definition) is 1. The number of likely N-dealkylation sites (N-methyl/N-ethyl adjacent to an activating group) is 1. The summed E-state index contributed by atoms with van der Waals surface area (Å²) in [6.45, 7) is 4.13. The number of nitrogens with one attached hydrogen (secondary N) is 1. The van der Waals surface area contributed by atoms with E-state index in [-0.39, 0.29) is 51.6 Å². The first-order valence-electron chi connectivity index (χ1n) is 13.4. The molecule has 44 heavy (non-hydrogen) atoms. The van der Waals surface area contributed by atoms with Crippen LogP contribution < -0.4 is 14.4 Å². The first kappa shape index (κ1) is 34.9. The fraction of sp³-hybridized carbons (Fsp3) is 0.310. The molecule has 1 unspecified atom stereocenters. The van der Waals surface area contributed by atoms with E-state index in [4.69, 9.17) is 39.5 Å². The van der Waals surface area contributed by atoms with Crippen LogP contribution in [0.15, 0.2) is 59.5 Å². The third kappa shape index (κ3) is 7.73. The Balaban J connectivity index is 2.23. The van der Waals surface area contributed by atoms with Gasteiger partial charge in [0.1, 0.15) is 18.3 Å². The molecule has 0 heterocycles. The zero-order valence-corrected chi connectivity index (χ0v) is 27.4. The Morgan fingerprint density at radius 3 is 2.27 bits per heavy atom. The number of hydrogen-bond acceptors (Lipinski definition) is 7. The van der Waals surface area contributed by atoms with Crippen molar-refractivity contribution >= 4 is 68.0 Å². The van der Waals surface area contributed by atoms with Crippen molar-refractivity contribution in [2.45, 2.75) is 44.7 Å². The van der Waals surface area contributed by atoms with E-state index < -0.39 is 49.9 Å². The van der Waals surface area contributed by atoms with Gasteiger partial charge in [0.05, 0.1) is 22.6 Å². The van der Waals surface area contributed by atoms with E-state index in [0.717, 1.165) is 10.4 Å². The molecule has 3 aromatic carbocycles. The number of methoxy groups -OCH3 is 1. The van der Waals surface area contributed by atoms with E-state index in [0.29, 0.717) is 5.56 Å². The Labute approximate surface area is 270 Å². The number of nitro groups is 1. The lowest BCUT2D eigenvalue weighted by Gasteiger charge is -2.33. The summed E-state index contributed by atoms with van der Waals surface area (Å²) in [6, 6.07) is 11.4. The number of amides is 2. The highest BCUT2D eigenvalue weighted by molar-refractivity contribution is 7.92. The van der Waals surface area contributed by atoms with Crippen LogP contribution in [-0.2, 0) is 26.2 Å². The normalized spacial score (nSPS) is 11.9. The smallest absolute Gasteiger partial charge is 0.273 e. The number of sulfonamides is 1. The van der Waals surface area contributed by atoms with Gasteiger partial charge >= 0.3 is 0 Å². The van der Waals surface area contributed by atoms with Gasteiger partial charge in [-0.1, -0.05) is 53.9 Å². The molecule has 0 saturated heterocycles. The molecule has 236 valence electrons. The van der Waals surface area contributed by atoms with Gasteiger partial charge < -0.3 is 15.0 Å². The van der Waals surface area contributed by atoms with Gasteiger partial charge in [-0.15, -0.1) is 0 Å². The van der Waals surface area contributed by atoms with Crippen LogP contribution in [0.3, 0.4) is 0 Å². The van der Waals surface area contributed by atoms with Gasteiger partial charge in [0, 0.05) is 45.4 Å². The van der Waals surface area contributed by atoms with Crippen LogP contribution >= 0.6 is 34.8 Å². The molecule has 0 radical (unpaired) electrons. The average Bonchev–Trinajstić information content (AvgIpc) is 2.97. The number of benzene rings is 3. The lowest BCUT2D eigenvalue weighted by Crippen LogP contribution is -2.52. The van der Waals surface area contributed by atoms with Crippen LogP contribution in [0.2, 0.25) is 15.1 Å². The molecule has 0 aliphatic rings. The lowest BCUT2D eigenvalue weighted by atomic mass is 10.1. The van der Waals surface area contributed by atoms with Crippen molar-refractivity contribution in [3.05, 3.63) is 90.9 Å². The zero-order valence-electron chi connectivity index (χ0n) is 24.3. The second-order valence-electron chi connectivity index (χ2n) is 9.57. The van der Waals surface area contributed by atoms with Crippen LogP contribution in [-0.4, -0.2) is 56.3 Å². The van der Waals surface area contributed by atoms with Crippen molar-refractivity contribution in [2.75, 3.05) is 24.5 Å². The zero-order chi connectivity index (χ0) is 32.8. The van der Waals surface area contributed by atoms with E-state index in [2.05, 4.69) is 5.32 Å². The van der Waals surface area contributed by atoms with Gasteiger partial charge in [0.25, 0.3) is 15.7 Å². The number of rotatable bonds is 13. The predicted molar refractivity (Wildman–Crippen MR) is 170 cm³/mol. The highest BCUT2D eigenvalue weighted by Gasteiger charge is 2.36. The highest BCUT2D eigenvalue weighted by atomic mass is 35.5. The molecule has 2 amide bonds. The lowest BCUT2D eigenvalue weighted by molar-refractivity contribution is -0.385. The minimum atomic E-state index is -4.67. The number of ether oxygens (including phenoxy) is 1. The Morgan fingerprint density at radius 2 is 1.70 bits per heavy atom. The Morgan fingerprint density at radius 1 is 1.05 bits per heavy atom. The standard InChI is InChI=1S/C29H31Cl3N4O7S/c1-5-24(29(38)33-6-2)34(16-21-22(31)8-7-9-23(21)32)28(37)17-35(26-14-19(30)11-13-27(26)43-4)44(41,42)20-12-10-18(3)25(15-20)36(39)40/h7-15,24H,5-6,16-17H2,1-4H3,(H,33,38). The van der Waals surface area contributed by atoms with Crippen LogP contribution in [0.5, 0.6) is 5.75 Å². The quantitative estimate of drug-likeness (QED) is 0.172. The molecule has 3 aromatic rings. The van der Waals surface area contributed by atoms with Crippen molar-refractivity contribution in [2.24, 2.45) is 0 Å². The number of carbonyl (C=O) groups excluding carboxylic acids is 2. The SMILES string of the molecule is CCNC(=O)C(CC)N(Cc1c(Cl)cccc1Cl)C(=O)CN(c1cc(Cl)ccc1OC)S(=O)(=O)c1ccc(C)c([N+](=O)[O-])c1. The summed E-state index contributed by atoms with van der Waals surface area (Å²) < 4.78 is 34.6. The van der Waals surface area contributed by atoms with Crippen LogP contribution in [0.4, 0.5) is 11.4 Å². The maximum atomic E-state index is 14.2. The Kier molecular flexibility index (Phi) is 11.8. The summed E-state index contributed by atoms with van der Waals surface area (Å²) in [5, 5.41) is 15.0. The maximum absolute atomic E-state index is 14.2. The van der Waals surface area contributed by atoms with E-state index >= 15 is 0 Å². The number of carbonyl (C=O) groups is 2. The molecule has 3 rings (SSSR count). The second-order valence-corrected chi connectivity index (χ2v) is 12.7. The van der Waals surface area contributed by atoms with E-state index in [1.54, 1.807) is 32.0 Å². The fourth-order valence-corrected chi connectivity index (χ4v) is 6.63. The minimum Gasteiger partial charge on any atom is -0.495 e. The Hall–Kier alpha value is -3.58. The van der Waals surface area contributed by atoms with Crippen molar-refractivity contribution in [1.82, 2.24) is 10.2 Å². The van der Waals surface area contributed by atoms with Gasteiger partial charge in [-0.25, -0.2) is 8.42 Å². The molecule has 0 aliphatic heterocycles. The molecule has 0 fully saturated rings. The van der Waals surface area contributed by atoms with E-state index in [1.807, 2.05) is 0 Å². The second kappa shape index (κ2) is 14.9. The topological polar surface area (TPSA) is 139 Å². The van der Waals surface area contributed by atoms with Gasteiger partial charge in [-0.2, -0.15) is 0 Å². The van der Waals surface area contributed by atoms with Gasteiger partial charge in [-0.3, -0.25) is 24.0 Å². The van der Waals surface area contributed by atoms with Crippen molar-refractivity contribution < 1.29 is 27.7 Å².